The number of likely N-dealkylation sites (tertiary alicyclic amines) is 1. The lowest BCUT2D eigenvalue weighted by Gasteiger charge is -2.31. The van der Waals surface area contributed by atoms with Crippen LogP contribution in [0.1, 0.15) is 34.1 Å². The summed E-state index contributed by atoms with van der Waals surface area (Å²) in [7, 11) is 1.62. The fourth-order valence-corrected chi connectivity index (χ4v) is 4.62. The maximum absolute atomic E-state index is 12.7. The molecule has 0 saturated carbocycles. The Morgan fingerprint density at radius 1 is 1.19 bits per heavy atom. The monoisotopic (exact) mass is 386 g/mol. The minimum atomic E-state index is 0.0854. The van der Waals surface area contributed by atoms with Crippen molar-refractivity contribution in [2.75, 3.05) is 20.2 Å². The third-order valence-corrected chi connectivity index (χ3v) is 6.27. The average Bonchev–Trinajstić information content (AvgIpc) is 3.11. The number of benzene rings is 2. The van der Waals surface area contributed by atoms with Crippen LogP contribution >= 0.6 is 22.9 Å². The van der Waals surface area contributed by atoms with Gasteiger partial charge in [0.1, 0.15) is 5.75 Å². The van der Waals surface area contributed by atoms with E-state index in [1.54, 1.807) is 18.4 Å². The summed E-state index contributed by atoms with van der Waals surface area (Å²) in [5.41, 5.74) is 1.67. The van der Waals surface area contributed by atoms with Gasteiger partial charge in [0.05, 0.1) is 22.3 Å². The summed E-state index contributed by atoms with van der Waals surface area (Å²) in [5.74, 6) is 1.25. The van der Waals surface area contributed by atoms with Crippen LogP contribution < -0.4 is 4.74 Å². The minimum Gasteiger partial charge on any atom is -0.497 e. The van der Waals surface area contributed by atoms with Gasteiger partial charge in [0, 0.05) is 29.6 Å². The smallest absolute Gasteiger partial charge is 0.253 e. The highest BCUT2D eigenvalue weighted by molar-refractivity contribution is 7.18. The normalized spacial score (nSPS) is 15.4. The molecule has 2 heterocycles. The molecule has 6 heteroatoms. The van der Waals surface area contributed by atoms with Gasteiger partial charge in [0.15, 0.2) is 0 Å². The maximum Gasteiger partial charge on any atom is 0.253 e. The Balaban J connectivity index is 1.43. The standard InChI is InChI=1S/C20H19ClN2O2S/c1-25-16-5-2-14(3-6-16)20(24)23-10-8-13(9-11-23)19-22-17-12-15(21)4-7-18(17)26-19/h2-7,12-13H,8-11H2,1H3. The van der Waals surface area contributed by atoms with E-state index in [9.17, 15) is 4.79 Å². The predicted molar refractivity (Wildman–Crippen MR) is 106 cm³/mol. The quantitative estimate of drug-likeness (QED) is 0.637. The molecule has 3 aromatic rings. The molecule has 1 aliphatic rings. The summed E-state index contributed by atoms with van der Waals surface area (Å²) in [5, 5.41) is 1.87. The SMILES string of the molecule is COc1ccc(C(=O)N2CCC(c3nc4cc(Cl)ccc4s3)CC2)cc1. The number of hydrogen-bond acceptors (Lipinski definition) is 4. The first-order valence-electron chi connectivity index (χ1n) is 8.63. The molecule has 4 nitrogen and oxygen atoms in total. The second kappa shape index (κ2) is 7.25. The van der Waals surface area contributed by atoms with Gasteiger partial charge in [-0.25, -0.2) is 4.98 Å². The lowest BCUT2D eigenvalue weighted by atomic mass is 9.97. The van der Waals surface area contributed by atoms with Gasteiger partial charge in [0.25, 0.3) is 5.91 Å². The van der Waals surface area contributed by atoms with Gasteiger partial charge in [-0.2, -0.15) is 0 Å². The number of carbonyl (C=O) groups is 1. The van der Waals surface area contributed by atoms with Crippen LogP contribution in [0.4, 0.5) is 0 Å². The van der Waals surface area contributed by atoms with E-state index in [-0.39, 0.29) is 5.91 Å². The third kappa shape index (κ3) is 3.41. The van der Waals surface area contributed by atoms with E-state index in [4.69, 9.17) is 21.3 Å². The number of piperidine rings is 1. The average molecular weight is 387 g/mol. The van der Waals surface area contributed by atoms with Crippen LogP contribution in [0.3, 0.4) is 0 Å². The molecule has 1 amide bonds. The number of rotatable bonds is 3. The van der Waals surface area contributed by atoms with E-state index < -0.39 is 0 Å². The molecule has 2 aromatic carbocycles. The first kappa shape index (κ1) is 17.3. The van der Waals surface area contributed by atoms with Crippen molar-refractivity contribution in [3.63, 3.8) is 0 Å². The molecule has 0 spiro atoms. The van der Waals surface area contributed by atoms with Crippen molar-refractivity contribution in [3.8, 4) is 5.75 Å². The van der Waals surface area contributed by atoms with Crippen LogP contribution in [-0.2, 0) is 0 Å². The van der Waals surface area contributed by atoms with E-state index in [0.29, 0.717) is 16.5 Å². The Morgan fingerprint density at radius 2 is 1.92 bits per heavy atom. The van der Waals surface area contributed by atoms with Crippen molar-refractivity contribution in [2.45, 2.75) is 18.8 Å². The Kier molecular flexibility index (Phi) is 4.83. The second-order valence-corrected chi connectivity index (χ2v) is 7.96. The molecule has 134 valence electrons. The predicted octanol–water partition coefficient (Wildman–Crippen LogP) is 4.98. The molecule has 1 aromatic heterocycles. The second-order valence-electron chi connectivity index (χ2n) is 6.46. The van der Waals surface area contributed by atoms with Crippen LogP contribution in [0.25, 0.3) is 10.2 Å². The number of amides is 1. The fraction of sp³-hybridized carbons (Fsp3) is 0.300. The number of thiazole rings is 1. The summed E-state index contributed by atoms with van der Waals surface area (Å²) in [6.45, 7) is 1.51. The van der Waals surface area contributed by atoms with E-state index in [1.165, 1.54) is 4.70 Å². The maximum atomic E-state index is 12.7. The minimum absolute atomic E-state index is 0.0854. The molecule has 1 fully saturated rings. The molecule has 26 heavy (non-hydrogen) atoms. The highest BCUT2D eigenvalue weighted by atomic mass is 35.5. The van der Waals surface area contributed by atoms with Crippen molar-refractivity contribution in [3.05, 3.63) is 58.1 Å². The highest BCUT2D eigenvalue weighted by Gasteiger charge is 2.26. The van der Waals surface area contributed by atoms with Gasteiger partial charge >= 0.3 is 0 Å². The van der Waals surface area contributed by atoms with E-state index in [2.05, 4.69) is 0 Å². The van der Waals surface area contributed by atoms with Gasteiger partial charge < -0.3 is 9.64 Å². The summed E-state index contributed by atoms with van der Waals surface area (Å²) >= 11 is 7.79. The summed E-state index contributed by atoms with van der Waals surface area (Å²) in [4.78, 5) is 19.4. The molecule has 0 atom stereocenters. The van der Waals surface area contributed by atoms with Gasteiger partial charge in [0.2, 0.25) is 0 Å². The molecule has 1 saturated heterocycles. The van der Waals surface area contributed by atoms with E-state index in [0.717, 1.165) is 42.2 Å². The molecule has 0 radical (unpaired) electrons. The molecule has 0 unspecified atom stereocenters. The molecule has 0 N–H and O–H groups in total. The number of halogens is 1. The number of fused-ring (bicyclic) bond motifs is 1. The van der Waals surface area contributed by atoms with Gasteiger partial charge in [-0.05, 0) is 55.3 Å². The third-order valence-electron chi connectivity index (χ3n) is 4.83. The van der Waals surface area contributed by atoms with Crippen molar-refractivity contribution < 1.29 is 9.53 Å². The van der Waals surface area contributed by atoms with E-state index >= 15 is 0 Å². The van der Waals surface area contributed by atoms with Crippen LogP contribution in [0.5, 0.6) is 5.75 Å². The summed E-state index contributed by atoms with van der Waals surface area (Å²) in [6.07, 6.45) is 1.88. The number of carbonyl (C=O) groups excluding carboxylic acids is 1. The lowest BCUT2D eigenvalue weighted by Crippen LogP contribution is -2.37. The number of methoxy groups -OCH3 is 1. The number of aromatic nitrogens is 1. The van der Waals surface area contributed by atoms with Crippen LogP contribution in [-0.4, -0.2) is 36.0 Å². The first-order chi connectivity index (χ1) is 12.6. The Hall–Kier alpha value is -2.11. The van der Waals surface area contributed by atoms with Gasteiger partial charge in [-0.1, -0.05) is 11.6 Å². The summed E-state index contributed by atoms with van der Waals surface area (Å²) < 4.78 is 6.32. The lowest BCUT2D eigenvalue weighted by molar-refractivity contribution is 0.0713. The topological polar surface area (TPSA) is 42.4 Å². The molecular weight excluding hydrogens is 368 g/mol. The van der Waals surface area contributed by atoms with Crippen molar-refractivity contribution in [1.29, 1.82) is 0 Å². The molecular formula is C20H19ClN2O2S. The Bertz CT molecular complexity index is 931. The largest absolute Gasteiger partial charge is 0.497 e. The summed E-state index contributed by atoms with van der Waals surface area (Å²) in [6, 6.07) is 13.1. The molecule has 0 aliphatic carbocycles. The van der Waals surface area contributed by atoms with Gasteiger partial charge in [-0.3, -0.25) is 4.79 Å². The fourth-order valence-electron chi connectivity index (χ4n) is 3.34. The number of hydrogen-bond donors (Lipinski definition) is 0. The number of nitrogens with zero attached hydrogens (tertiary/aromatic N) is 2. The first-order valence-corrected chi connectivity index (χ1v) is 9.83. The zero-order chi connectivity index (χ0) is 18.1. The van der Waals surface area contributed by atoms with Crippen LogP contribution in [0, 0.1) is 0 Å². The molecule has 4 rings (SSSR count). The van der Waals surface area contributed by atoms with Crippen LogP contribution in [0.15, 0.2) is 42.5 Å². The molecule has 1 aliphatic heterocycles. The van der Waals surface area contributed by atoms with Crippen molar-refractivity contribution in [2.24, 2.45) is 0 Å². The van der Waals surface area contributed by atoms with E-state index in [1.807, 2.05) is 47.4 Å². The zero-order valence-corrected chi connectivity index (χ0v) is 16.0. The Morgan fingerprint density at radius 3 is 2.62 bits per heavy atom. The number of ether oxygens (including phenoxy) is 1. The highest BCUT2D eigenvalue weighted by Crippen LogP contribution is 2.35. The van der Waals surface area contributed by atoms with Gasteiger partial charge in [-0.15, -0.1) is 11.3 Å². The molecule has 0 bridgehead atoms. The van der Waals surface area contributed by atoms with Crippen LogP contribution in [0.2, 0.25) is 5.02 Å². The van der Waals surface area contributed by atoms with Crippen molar-refractivity contribution >= 4 is 39.1 Å². The zero-order valence-electron chi connectivity index (χ0n) is 14.4. The Labute approximate surface area is 161 Å². The van der Waals surface area contributed by atoms with Crippen molar-refractivity contribution in [1.82, 2.24) is 9.88 Å².